The van der Waals surface area contributed by atoms with Crippen LogP contribution in [0.5, 0.6) is 0 Å². The van der Waals surface area contributed by atoms with Crippen molar-refractivity contribution in [2.24, 2.45) is 0 Å². The highest BCUT2D eigenvalue weighted by Gasteiger charge is 2.28. The summed E-state index contributed by atoms with van der Waals surface area (Å²) in [4.78, 5) is 13.9. The number of nitrogens with zero attached hydrogens (tertiary/aromatic N) is 5. The van der Waals surface area contributed by atoms with Crippen LogP contribution < -0.4 is 11.1 Å². The number of nitrogens with two attached hydrogens (primary N) is 1. The zero-order chi connectivity index (χ0) is 23.9. The number of anilines is 1. The number of fused-ring (bicyclic) bond motifs is 2. The van der Waals surface area contributed by atoms with Gasteiger partial charge < -0.3 is 10.6 Å². The van der Waals surface area contributed by atoms with Crippen molar-refractivity contribution in [2.75, 3.05) is 39.0 Å². The fourth-order valence-corrected chi connectivity index (χ4v) is 5.24. The van der Waals surface area contributed by atoms with E-state index >= 15 is 0 Å². The minimum Gasteiger partial charge on any atom is -0.368 e. The fraction of sp³-hybridized carbons (Fsp3) is 0.286. The lowest BCUT2D eigenvalue weighted by atomic mass is 9.95. The topological polar surface area (TPSA) is 72.4 Å². The second kappa shape index (κ2) is 9.00. The van der Waals surface area contributed by atoms with E-state index in [1.54, 1.807) is 6.07 Å². The fourth-order valence-electron chi connectivity index (χ4n) is 5.24. The van der Waals surface area contributed by atoms with Gasteiger partial charge in [0.25, 0.3) is 0 Å². The molecular formula is C28H28FN6. The summed E-state index contributed by atoms with van der Waals surface area (Å²) in [6.07, 6.45) is 0. The van der Waals surface area contributed by atoms with Crippen LogP contribution >= 0.6 is 0 Å². The van der Waals surface area contributed by atoms with Gasteiger partial charge in [0.05, 0.1) is 17.3 Å². The average Bonchev–Trinajstić information content (AvgIpc) is 3.29. The van der Waals surface area contributed by atoms with Gasteiger partial charge in [0.1, 0.15) is 5.82 Å². The summed E-state index contributed by atoms with van der Waals surface area (Å²) in [5.74, 6) is 0.0363. The molecule has 2 aliphatic heterocycles. The van der Waals surface area contributed by atoms with Gasteiger partial charge in [0, 0.05) is 44.7 Å². The van der Waals surface area contributed by atoms with E-state index in [0.717, 1.165) is 71.6 Å². The summed E-state index contributed by atoms with van der Waals surface area (Å²) in [5, 5.41) is 5.80. The largest absolute Gasteiger partial charge is 0.368 e. The van der Waals surface area contributed by atoms with Crippen molar-refractivity contribution in [1.82, 2.24) is 25.1 Å². The number of benzene rings is 3. The number of aromatic nitrogens is 2. The van der Waals surface area contributed by atoms with Gasteiger partial charge in [-0.3, -0.25) is 4.90 Å². The lowest BCUT2D eigenvalue weighted by molar-refractivity contribution is 0.148. The Balaban J connectivity index is 1.43. The molecule has 1 aromatic heterocycles. The predicted molar refractivity (Wildman–Crippen MR) is 136 cm³/mol. The molecule has 35 heavy (non-hydrogen) atoms. The van der Waals surface area contributed by atoms with Crippen LogP contribution in [0.1, 0.15) is 28.4 Å². The van der Waals surface area contributed by atoms with Crippen LogP contribution in [0, 0.1) is 5.82 Å². The Labute approximate surface area is 204 Å². The second-order valence-corrected chi connectivity index (χ2v) is 9.52. The van der Waals surface area contributed by atoms with Crippen molar-refractivity contribution >= 4 is 16.9 Å². The standard InChI is InChI=1S/C28H28FN6/c1-34-10-12-35(13-11-34)17-20-14-21(29)7-8-22(20)18-6-9-25-24(15-18)27(33-28(30)32-25)26-23-5-3-2-4-19(23)16-31-26/h2-9,14-15,26H,10-13,16-17H2,1H3,(H2,30,32,33). The van der Waals surface area contributed by atoms with Gasteiger partial charge in [-0.1, -0.05) is 36.4 Å². The second-order valence-electron chi connectivity index (χ2n) is 9.52. The predicted octanol–water partition coefficient (Wildman–Crippen LogP) is 3.97. The van der Waals surface area contributed by atoms with Crippen LogP contribution in [0.4, 0.5) is 10.3 Å². The highest BCUT2D eigenvalue weighted by molar-refractivity contribution is 5.88. The Morgan fingerprint density at radius 3 is 2.66 bits per heavy atom. The average molecular weight is 468 g/mol. The van der Waals surface area contributed by atoms with E-state index in [2.05, 4.69) is 45.0 Å². The van der Waals surface area contributed by atoms with Gasteiger partial charge in [0.15, 0.2) is 0 Å². The van der Waals surface area contributed by atoms with Crippen LogP contribution in [-0.4, -0.2) is 53.0 Å². The van der Waals surface area contributed by atoms with Gasteiger partial charge in [-0.25, -0.2) is 19.7 Å². The lowest BCUT2D eigenvalue weighted by Gasteiger charge is -2.32. The van der Waals surface area contributed by atoms with Crippen molar-refractivity contribution in [3.63, 3.8) is 0 Å². The molecule has 2 N–H and O–H groups in total. The number of hydrogen-bond acceptors (Lipinski definition) is 5. The lowest BCUT2D eigenvalue weighted by Crippen LogP contribution is -2.43. The molecule has 0 aliphatic carbocycles. The van der Waals surface area contributed by atoms with Crippen molar-refractivity contribution in [2.45, 2.75) is 19.1 Å². The molecule has 177 valence electrons. The monoisotopic (exact) mass is 467 g/mol. The minimum atomic E-state index is -0.211. The zero-order valence-electron chi connectivity index (χ0n) is 19.8. The Hall–Kier alpha value is -3.39. The molecule has 0 spiro atoms. The molecule has 1 radical (unpaired) electrons. The Bertz CT molecular complexity index is 1400. The van der Waals surface area contributed by atoms with E-state index in [0.29, 0.717) is 6.54 Å². The summed E-state index contributed by atoms with van der Waals surface area (Å²) < 4.78 is 14.3. The highest BCUT2D eigenvalue weighted by Crippen LogP contribution is 2.37. The highest BCUT2D eigenvalue weighted by atomic mass is 19.1. The van der Waals surface area contributed by atoms with E-state index in [9.17, 15) is 4.39 Å². The van der Waals surface area contributed by atoms with E-state index in [4.69, 9.17) is 11.1 Å². The van der Waals surface area contributed by atoms with Gasteiger partial charge in [-0.05, 0) is 59.1 Å². The van der Waals surface area contributed by atoms with Crippen molar-refractivity contribution in [1.29, 1.82) is 0 Å². The molecule has 1 atom stereocenters. The zero-order valence-corrected chi connectivity index (χ0v) is 19.8. The Morgan fingerprint density at radius 2 is 1.80 bits per heavy atom. The van der Waals surface area contributed by atoms with Crippen LogP contribution in [0.3, 0.4) is 0 Å². The summed E-state index contributed by atoms with van der Waals surface area (Å²) in [6.45, 7) is 5.38. The third-order valence-electron chi connectivity index (χ3n) is 7.16. The molecule has 6 nitrogen and oxygen atoms in total. The number of halogens is 1. The van der Waals surface area contributed by atoms with Crippen LogP contribution in [0.15, 0.2) is 60.7 Å². The van der Waals surface area contributed by atoms with Crippen molar-refractivity contribution in [3.8, 4) is 11.1 Å². The van der Waals surface area contributed by atoms with E-state index in [1.807, 2.05) is 30.3 Å². The van der Waals surface area contributed by atoms with Crippen molar-refractivity contribution in [3.05, 3.63) is 88.9 Å². The molecule has 0 amide bonds. The molecule has 3 heterocycles. The molecule has 0 bridgehead atoms. The quantitative estimate of drug-likeness (QED) is 0.492. The first-order valence-electron chi connectivity index (χ1n) is 12.1. The molecule has 4 aromatic rings. The number of hydrogen-bond donors (Lipinski definition) is 1. The molecule has 6 rings (SSSR count). The van der Waals surface area contributed by atoms with Crippen LogP contribution in [0.2, 0.25) is 0 Å². The third kappa shape index (κ3) is 4.27. The first kappa shape index (κ1) is 22.1. The normalized spacial score (nSPS) is 18.7. The molecule has 1 saturated heterocycles. The van der Waals surface area contributed by atoms with Gasteiger partial charge in [-0.2, -0.15) is 0 Å². The van der Waals surface area contributed by atoms with E-state index < -0.39 is 0 Å². The van der Waals surface area contributed by atoms with Gasteiger partial charge >= 0.3 is 0 Å². The maximum atomic E-state index is 14.3. The number of likely N-dealkylation sites (N-methyl/N-ethyl adjacent to an activating group) is 1. The number of piperazine rings is 1. The summed E-state index contributed by atoms with van der Waals surface area (Å²) in [6, 6.07) is 19.3. The number of rotatable bonds is 4. The minimum absolute atomic E-state index is 0.174. The molecule has 0 saturated carbocycles. The Morgan fingerprint density at radius 1 is 0.971 bits per heavy atom. The molecule has 3 aromatic carbocycles. The molecule has 2 aliphatic rings. The molecule has 7 heteroatoms. The van der Waals surface area contributed by atoms with E-state index in [1.165, 1.54) is 11.6 Å². The summed E-state index contributed by atoms with van der Waals surface area (Å²) in [7, 11) is 2.14. The number of nitrogen functional groups attached to an aromatic ring is 1. The molecular weight excluding hydrogens is 439 g/mol. The van der Waals surface area contributed by atoms with Gasteiger partial charge in [0.2, 0.25) is 5.95 Å². The van der Waals surface area contributed by atoms with Crippen LogP contribution in [0.25, 0.3) is 22.0 Å². The smallest absolute Gasteiger partial charge is 0.220 e. The first-order valence-corrected chi connectivity index (χ1v) is 12.1. The Kier molecular flexibility index (Phi) is 5.68. The summed E-state index contributed by atoms with van der Waals surface area (Å²) >= 11 is 0. The van der Waals surface area contributed by atoms with Crippen LogP contribution in [-0.2, 0) is 13.1 Å². The van der Waals surface area contributed by atoms with Crippen molar-refractivity contribution < 1.29 is 4.39 Å². The maximum Gasteiger partial charge on any atom is 0.220 e. The first-order chi connectivity index (χ1) is 17.0. The van der Waals surface area contributed by atoms with Gasteiger partial charge in [-0.15, -0.1) is 0 Å². The third-order valence-corrected chi connectivity index (χ3v) is 7.16. The van der Waals surface area contributed by atoms with E-state index in [-0.39, 0.29) is 17.8 Å². The maximum absolute atomic E-state index is 14.3. The SMILES string of the molecule is CN1CCN(Cc2cc(F)ccc2-c2ccc3nc(N)nc(C4[N]Cc5ccccc54)c3c2)CC1. The molecule has 1 fully saturated rings. The molecule has 1 unspecified atom stereocenters. The summed E-state index contributed by atoms with van der Waals surface area (Å²) in [5.41, 5.74) is 13.1.